The van der Waals surface area contributed by atoms with Gasteiger partial charge in [0.1, 0.15) is 0 Å². The predicted molar refractivity (Wildman–Crippen MR) is 120 cm³/mol. The molecule has 0 bridgehead atoms. The smallest absolute Gasteiger partial charge is 0.309 e. The first-order chi connectivity index (χ1) is 14.7. The second kappa shape index (κ2) is 11.6. The summed E-state index contributed by atoms with van der Waals surface area (Å²) in [5.41, 5.74) is 3.49. The van der Waals surface area contributed by atoms with Gasteiger partial charge in [-0.3, -0.25) is 9.59 Å². The number of hydrogen-bond acceptors (Lipinski definition) is 2. The van der Waals surface area contributed by atoms with Crippen LogP contribution in [0.4, 0.5) is 0 Å². The summed E-state index contributed by atoms with van der Waals surface area (Å²) in [5, 5.41) is 5.52. The lowest BCUT2D eigenvalue weighted by atomic mass is 9.91. The normalized spacial score (nSPS) is 10.6. The van der Waals surface area contributed by atoms with Crippen molar-refractivity contribution in [2.45, 2.75) is 25.2 Å². The summed E-state index contributed by atoms with van der Waals surface area (Å²) in [7, 11) is 0. The Bertz CT molecular complexity index is 872. The third-order valence-corrected chi connectivity index (χ3v) is 5.10. The molecule has 0 saturated heterocycles. The van der Waals surface area contributed by atoms with Gasteiger partial charge in [-0.2, -0.15) is 0 Å². The molecular weight excluding hydrogens is 372 g/mol. The molecule has 154 valence electrons. The number of amides is 2. The Kier molecular flexibility index (Phi) is 8.22. The van der Waals surface area contributed by atoms with E-state index in [4.69, 9.17) is 0 Å². The average Bonchev–Trinajstić information content (AvgIpc) is 2.81. The second-order valence-electron chi connectivity index (χ2n) is 7.28. The number of aryl methyl sites for hydroxylation is 1. The topological polar surface area (TPSA) is 58.2 Å². The van der Waals surface area contributed by atoms with Crippen LogP contribution in [0.15, 0.2) is 91.0 Å². The number of carbonyl (C=O) groups is 2. The van der Waals surface area contributed by atoms with Gasteiger partial charge in [0.2, 0.25) is 0 Å². The van der Waals surface area contributed by atoms with E-state index in [0.29, 0.717) is 13.1 Å². The van der Waals surface area contributed by atoms with Crippen LogP contribution in [0.5, 0.6) is 0 Å². The van der Waals surface area contributed by atoms with Gasteiger partial charge in [0.05, 0.1) is 0 Å². The second-order valence-corrected chi connectivity index (χ2v) is 7.28. The summed E-state index contributed by atoms with van der Waals surface area (Å²) in [6, 6.07) is 30.3. The Labute approximate surface area is 178 Å². The quantitative estimate of drug-likeness (QED) is 0.420. The molecule has 0 aliphatic rings. The van der Waals surface area contributed by atoms with E-state index in [1.807, 2.05) is 78.9 Å². The summed E-state index contributed by atoms with van der Waals surface area (Å²) in [5.74, 6) is -1.17. The highest BCUT2D eigenvalue weighted by molar-refractivity contribution is 6.35. The molecule has 4 heteroatoms. The van der Waals surface area contributed by atoms with Gasteiger partial charge in [-0.25, -0.2) is 0 Å². The van der Waals surface area contributed by atoms with Gasteiger partial charge >= 0.3 is 11.8 Å². The summed E-state index contributed by atoms with van der Waals surface area (Å²) < 4.78 is 0. The van der Waals surface area contributed by atoms with Gasteiger partial charge in [-0.05, 0) is 36.0 Å². The van der Waals surface area contributed by atoms with E-state index < -0.39 is 11.8 Å². The highest BCUT2D eigenvalue weighted by Gasteiger charge is 2.18. The van der Waals surface area contributed by atoms with E-state index >= 15 is 0 Å². The zero-order valence-corrected chi connectivity index (χ0v) is 17.1. The molecule has 30 heavy (non-hydrogen) atoms. The summed E-state index contributed by atoms with van der Waals surface area (Å²) in [6.45, 7) is 0.869. The van der Waals surface area contributed by atoms with Crippen LogP contribution < -0.4 is 10.6 Å². The van der Waals surface area contributed by atoms with Crippen LogP contribution >= 0.6 is 0 Å². The van der Waals surface area contributed by atoms with Crippen LogP contribution in [0.25, 0.3) is 0 Å². The zero-order valence-electron chi connectivity index (χ0n) is 17.1. The van der Waals surface area contributed by atoms with Gasteiger partial charge in [-0.1, -0.05) is 91.0 Å². The van der Waals surface area contributed by atoms with Gasteiger partial charge in [0.25, 0.3) is 0 Å². The minimum Gasteiger partial charge on any atom is -0.348 e. The first-order valence-corrected chi connectivity index (χ1v) is 10.4. The summed E-state index contributed by atoms with van der Waals surface area (Å²) in [6.07, 6.45) is 2.78. The van der Waals surface area contributed by atoms with E-state index in [1.165, 1.54) is 5.56 Å². The zero-order chi connectivity index (χ0) is 21.0. The lowest BCUT2D eigenvalue weighted by Gasteiger charge is -2.18. The fourth-order valence-corrected chi connectivity index (χ4v) is 3.45. The van der Waals surface area contributed by atoms with E-state index in [9.17, 15) is 9.59 Å². The molecule has 0 saturated carbocycles. The molecule has 0 fully saturated rings. The monoisotopic (exact) mass is 400 g/mol. The fourth-order valence-electron chi connectivity index (χ4n) is 3.45. The van der Waals surface area contributed by atoms with Crippen LogP contribution in [0.3, 0.4) is 0 Å². The first-order valence-electron chi connectivity index (χ1n) is 10.4. The minimum absolute atomic E-state index is 0.00461. The Balaban J connectivity index is 1.45. The number of rotatable bonds is 9. The lowest BCUT2D eigenvalue weighted by molar-refractivity contribution is -0.139. The van der Waals surface area contributed by atoms with Crippen LogP contribution in [0.1, 0.15) is 35.4 Å². The van der Waals surface area contributed by atoms with Crippen molar-refractivity contribution in [3.8, 4) is 0 Å². The van der Waals surface area contributed by atoms with E-state index in [-0.39, 0.29) is 5.92 Å². The Morgan fingerprint density at radius 2 is 1.13 bits per heavy atom. The van der Waals surface area contributed by atoms with Crippen molar-refractivity contribution in [2.75, 3.05) is 13.1 Å². The largest absolute Gasteiger partial charge is 0.348 e. The van der Waals surface area contributed by atoms with Crippen LogP contribution in [-0.2, 0) is 16.0 Å². The molecule has 0 heterocycles. The van der Waals surface area contributed by atoms with Crippen molar-refractivity contribution in [1.82, 2.24) is 10.6 Å². The van der Waals surface area contributed by atoms with Gasteiger partial charge in [0.15, 0.2) is 0 Å². The highest BCUT2D eigenvalue weighted by atomic mass is 16.2. The van der Waals surface area contributed by atoms with E-state index in [0.717, 1.165) is 30.4 Å². The molecule has 0 spiro atoms. The number of carbonyl (C=O) groups excluding carboxylic acids is 2. The third kappa shape index (κ3) is 6.59. The number of hydrogen-bond donors (Lipinski definition) is 2. The van der Waals surface area contributed by atoms with Crippen molar-refractivity contribution < 1.29 is 9.59 Å². The maximum Gasteiger partial charge on any atom is 0.309 e. The lowest BCUT2D eigenvalue weighted by Crippen LogP contribution is -2.41. The SMILES string of the molecule is O=C(NCCCCc1ccccc1)C(=O)NCC(c1ccccc1)c1ccccc1. The minimum atomic E-state index is -0.588. The molecule has 0 atom stereocenters. The van der Waals surface area contributed by atoms with Gasteiger partial charge in [0, 0.05) is 19.0 Å². The number of benzene rings is 3. The summed E-state index contributed by atoms with van der Waals surface area (Å²) in [4.78, 5) is 24.4. The van der Waals surface area contributed by atoms with Crippen molar-refractivity contribution >= 4 is 11.8 Å². The van der Waals surface area contributed by atoms with Crippen molar-refractivity contribution in [2.24, 2.45) is 0 Å². The maximum atomic E-state index is 12.3. The molecule has 0 aliphatic heterocycles. The predicted octanol–water partition coefficient (Wildman–Crippen LogP) is 4.07. The Morgan fingerprint density at radius 3 is 1.70 bits per heavy atom. The molecule has 3 aromatic carbocycles. The molecule has 3 rings (SSSR count). The van der Waals surface area contributed by atoms with Crippen LogP contribution in [0.2, 0.25) is 0 Å². The molecule has 0 unspecified atom stereocenters. The average molecular weight is 401 g/mol. The molecule has 0 aliphatic carbocycles. The number of unbranched alkanes of at least 4 members (excludes halogenated alkanes) is 1. The van der Waals surface area contributed by atoms with Crippen molar-refractivity contribution in [3.63, 3.8) is 0 Å². The van der Waals surface area contributed by atoms with Crippen LogP contribution in [0, 0.1) is 0 Å². The van der Waals surface area contributed by atoms with Gasteiger partial charge in [-0.15, -0.1) is 0 Å². The molecule has 0 radical (unpaired) electrons. The Morgan fingerprint density at radius 1 is 0.633 bits per heavy atom. The highest BCUT2D eigenvalue weighted by Crippen LogP contribution is 2.23. The first kappa shape index (κ1) is 21.3. The molecule has 0 aromatic heterocycles. The van der Waals surface area contributed by atoms with Gasteiger partial charge < -0.3 is 10.6 Å². The fraction of sp³-hybridized carbons (Fsp3) is 0.231. The molecule has 2 N–H and O–H groups in total. The molecule has 2 amide bonds. The molecule has 4 nitrogen and oxygen atoms in total. The number of nitrogens with one attached hydrogen (secondary N) is 2. The standard InChI is InChI=1S/C26H28N2O2/c29-25(27-19-11-10-14-21-12-4-1-5-13-21)26(30)28-20-24(22-15-6-2-7-16-22)23-17-8-3-9-18-23/h1-9,12-13,15-18,24H,10-11,14,19-20H2,(H,27,29)(H,28,30). The maximum absolute atomic E-state index is 12.3. The van der Waals surface area contributed by atoms with Crippen LogP contribution in [-0.4, -0.2) is 24.9 Å². The Hall–Kier alpha value is -3.40. The van der Waals surface area contributed by atoms with Crippen molar-refractivity contribution in [3.05, 3.63) is 108 Å². The third-order valence-electron chi connectivity index (χ3n) is 5.10. The van der Waals surface area contributed by atoms with E-state index in [2.05, 4.69) is 22.8 Å². The van der Waals surface area contributed by atoms with E-state index in [1.54, 1.807) is 0 Å². The molecule has 3 aromatic rings. The molecular formula is C26H28N2O2. The summed E-state index contributed by atoms with van der Waals surface area (Å²) >= 11 is 0. The van der Waals surface area contributed by atoms with Crippen molar-refractivity contribution in [1.29, 1.82) is 0 Å².